The second-order valence-corrected chi connectivity index (χ2v) is 26.2. The topological polar surface area (TPSA) is 145 Å². The minimum atomic E-state index is -3.14. The number of rotatable bonds is 13. The van der Waals surface area contributed by atoms with Gasteiger partial charge in [-0.05, 0) is 189 Å². The molecule has 0 aromatic heterocycles. The van der Waals surface area contributed by atoms with Crippen molar-refractivity contribution < 1.29 is 35.9 Å². The summed E-state index contributed by atoms with van der Waals surface area (Å²) in [7, 11) is -6.15. The van der Waals surface area contributed by atoms with Crippen LogP contribution >= 0.6 is 0 Å². The standard InChI is InChI=1S/C25H43NO4S.C12H18O2.C11H19NO2S.5CH4/c1-7-8-31(28,29)26-13-18-9-16-10-20(18)23(14(16)2)22-15(3)19-11-17(22)12-21(19)24(27)30-25(4,5)6;1-12(2,3)14-11(13)10-7-8-4-5-9(10)6-8;1-2-5-15(13,14)12-8-11-7-9-3-4-10(11)6-9;;;;;/h14-23,26H,7-13H2,1-6H3;4-5,8-10H,6-7H2,1-3H3;3-4,9-12H,2,5-8H2,1H3;5*1H4. The van der Waals surface area contributed by atoms with E-state index in [1.807, 2.05) is 55.4 Å². The quantitative estimate of drug-likeness (QED) is 0.137. The molecule has 8 aliphatic carbocycles. The van der Waals surface area contributed by atoms with Crippen molar-refractivity contribution in [3.8, 4) is 0 Å². The van der Waals surface area contributed by atoms with Crippen LogP contribution in [-0.4, -0.2) is 64.6 Å². The molecule has 0 saturated heterocycles. The van der Waals surface area contributed by atoms with Gasteiger partial charge in [0.2, 0.25) is 20.0 Å². The number of nitrogens with one attached hydrogen (secondary N) is 2. The molecule has 0 heterocycles. The van der Waals surface area contributed by atoms with Crippen LogP contribution in [0.4, 0.5) is 0 Å². The summed E-state index contributed by atoms with van der Waals surface area (Å²) in [5.41, 5.74) is -0.762. The number of hydrogen-bond donors (Lipinski definition) is 2. The molecule has 0 radical (unpaired) electrons. The zero-order chi connectivity index (χ0) is 43.9. The lowest BCUT2D eigenvalue weighted by Gasteiger charge is -2.44. The average Bonchev–Trinajstić information content (AvgIpc) is 4.01. The molecule has 16 atom stereocenters. The van der Waals surface area contributed by atoms with Gasteiger partial charge in [-0.15, -0.1) is 0 Å². The van der Waals surface area contributed by atoms with Gasteiger partial charge in [-0.25, -0.2) is 26.3 Å². The maximum atomic E-state index is 12.8. The largest absolute Gasteiger partial charge is 0.460 e. The van der Waals surface area contributed by atoms with E-state index < -0.39 is 25.6 Å². The second kappa shape index (κ2) is 24.2. The summed E-state index contributed by atoms with van der Waals surface area (Å²) in [5, 5.41) is 0. The highest BCUT2D eigenvalue weighted by Gasteiger charge is 2.61. The van der Waals surface area contributed by atoms with Crippen LogP contribution in [0.3, 0.4) is 0 Å². The van der Waals surface area contributed by atoms with Gasteiger partial charge >= 0.3 is 11.9 Å². The Hall–Kier alpha value is -1.76. The number of carbonyl (C=O) groups is 2. The van der Waals surface area contributed by atoms with Crippen molar-refractivity contribution in [2.45, 2.75) is 182 Å². The Kier molecular flexibility index (Phi) is 22.8. The minimum absolute atomic E-state index is 0. The summed E-state index contributed by atoms with van der Waals surface area (Å²) in [6.07, 6.45) is 19.5. The number of ether oxygens (including phenoxy) is 2. The third-order valence-corrected chi connectivity index (χ3v) is 18.8. The van der Waals surface area contributed by atoms with Crippen LogP contribution in [0, 0.1) is 94.7 Å². The molecule has 6 fully saturated rings. The van der Waals surface area contributed by atoms with Gasteiger partial charge in [0, 0.05) is 13.1 Å². The average molecular weight is 958 g/mol. The van der Waals surface area contributed by atoms with Crippen LogP contribution in [0.2, 0.25) is 0 Å². The number of esters is 2. The minimum Gasteiger partial charge on any atom is -0.460 e. The summed E-state index contributed by atoms with van der Waals surface area (Å²) in [6.45, 7) is 21.5. The van der Waals surface area contributed by atoms with Crippen molar-refractivity contribution in [1.29, 1.82) is 0 Å². The third kappa shape index (κ3) is 15.1. The lowest BCUT2D eigenvalue weighted by molar-refractivity contribution is -0.164. The van der Waals surface area contributed by atoms with Crippen molar-refractivity contribution in [2.24, 2.45) is 94.7 Å². The van der Waals surface area contributed by atoms with Gasteiger partial charge < -0.3 is 9.47 Å². The molecule has 8 aliphatic rings. The highest BCUT2D eigenvalue weighted by molar-refractivity contribution is 7.89. The van der Waals surface area contributed by atoms with Crippen LogP contribution < -0.4 is 9.44 Å². The number of sulfonamides is 2. The first-order chi connectivity index (χ1) is 28.0. The van der Waals surface area contributed by atoms with Gasteiger partial charge in [0.25, 0.3) is 0 Å². The van der Waals surface area contributed by atoms with E-state index in [9.17, 15) is 26.4 Å². The van der Waals surface area contributed by atoms with E-state index in [1.165, 1.54) is 25.7 Å². The van der Waals surface area contributed by atoms with Crippen molar-refractivity contribution in [3.63, 3.8) is 0 Å². The van der Waals surface area contributed by atoms with E-state index in [-0.39, 0.29) is 78.0 Å². The molecule has 0 amide bonds. The van der Waals surface area contributed by atoms with Crippen LogP contribution in [0.1, 0.15) is 171 Å². The van der Waals surface area contributed by atoms with E-state index in [4.69, 9.17) is 9.47 Å². The summed E-state index contributed by atoms with van der Waals surface area (Å²) in [5.74, 6) is 9.23. The molecule has 0 aromatic carbocycles. The molecule has 0 spiro atoms. The summed E-state index contributed by atoms with van der Waals surface area (Å²) in [6, 6.07) is 0. The maximum absolute atomic E-state index is 12.8. The van der Waals surface area contributed by atoms with E-state index in [1.54, 1.807) is 0 Å². The van der Waals surface area contributed by atoms with Gasteiger partial charge in [0.1, 0.15) is 11.2 Å². The fourth-order valence-corrected chi connectivity index (χ4v) is 15.7. The number of allylic oxidation sites excluding steroid dienone is 4. The van der Waals surface area contributed by atoms with Crippen molar-refractivity contribution in [2.75, 3.05) is 24.6 Å². The van der Waals surface area contributed by atoms with E-state index in [2.05, 4.69) is 47.6 Å². The summed E-state index contributed by atoms with van der Waals surface area (Å²) >= 11 is 0. The number of carbonyl (C=O) groups excluding carboxylic acids is 2. The second-order valence-electron chi connectivity index (χ2n) is 22.4. The fraction of sp³-hybridized carbons (Fsp3) is 0.887. The highest BCUT2D eigenvalue weighted by atomic mass is 32.2. The molecule has 65 heavy (non-hydrogen) atoms. The molecule has 8 bridgehead atoms. The van der Waals surface area contributed by atoms with Gasteiger partial charge in [0.15, 0.2) is 0 Å². The Morgan fingerprint density at radius 3 is 1.43 bits per heavy atom. The fourth-order valence-electron chi connectivity index (χ4n) is 13.4. The molecule has 6 saturated carbocycles. The first kappa shape index (κ1) is 61.3. The normalized spacial score (nSPS) is 36.4. The summed E-state index contributed by atoms with van der Waals surface area (Å²) < 4.78 is 64.1. The van der Waals surface area contributed by atoms with Gasteiger partial charge in [0.05, 0.1) is 23.3 Å². The Balaban J connectivity index is 0.000000525. The molecule has 10 nitrogen and oxygen atoms in total. The lowest BCUT2D eigenvalue weighted by Crippen LogP contribution is -2.43. The Bertz CT molecular complexity index is 1800. The van der Waals surface area contributed by atoms with Crippen molar-refractivity contribution in [3.05, 3.63) is 24.3 Å². The molecule has 2 N–H and O–H groups in total. The molecule has 0 aromatic rings. The van der Waals surface area contributed by atoms with Crippen LogP contribution in [-0.2, 0) is 39.1 Å². The van der Waals surface area contributed by atoms with E-state index in [0.717, 1.165) is 43.4 Å². The molecular weight excluding hydrogens is 857 g/mol. The lowest BCUT2D eigenvalue weighted by atomic mass is 9.61. The van der Waals surface area contributed by atoms with Gasteiger partial charge in [-0.1, -0.05) is 89.1 Å². The monoisotopic (exact) mass is 957 g/mol. The number of hydrogen-bond acceptors (Lipinski definition) is 8. The molecule has 12 heteroatoms. The molecule has 16 unspecified atom stereocenters. The Labute approximate surface area is 401 Å². The third-order valence-electron chi connectivity index (χ3n) is 15.7. The molecular formula is C53H100N2O8S2. The van der Waals surface area contributed by atoms with Crippen molar-refractivity contribution in [1.82, 2.24) is 9.44 Å². The van der Waals surface area contributed by atoms with Gasteiger partial charge in [-0.3, -0.25) is 9.59 Å². The molecule has 8 rings (SSSR count). The highest BCUT2D eigenvalue weighted by Crippen LogP contribution is 2.66. The van der Waals surface area contributed by atoms with Gasteiger partial charge in [-0.2, -0.15) is 0 Å². The predicted octanol–water partition coefficient (Wildman–Crippen LogP) is 11.7. The maximum Gasteiger partial charge on any atom is 0.310 e. The van der Waals surface area contributed by atoms with Crippen molar-refractivity contribution >= 4 is 32.0 Å². The first-order valence-electron chi connectivity index (χ1n) is 23.7. The molecule has 0 aliphatic heterocycles. The zero-order valence-electron chi connectivity index (χ0n) is 38.5. The van der Waals surface area contributed by atoms with Crippen LogP contribution in [0.15, 0.2) is 24.3 Å². The predicted molar refractivity (Wildman–Crippen MR) is 272 cm³/mol. The smallest absolute Gasteiger partial charge is 0.310 e. The van der Waals surface area contributed by atoms with E-state index in [0.29, 0.717) is 91.0 Å². The SMILES string of the molecule is C.C.C.C.C.CC(C)(C)OC(=O)C1CC2C=CC1C2.CCCS(=O)(=O)NCC1CC2C=CC1C2.CCCS(=O)(=O)NCC1CC2CC1C(C1C3CC(C(=O)OC(C)(C)C)C(C3)C1C)C2C. The summed E-state index contributed by atoms with van der Waals surface area (Å²) in [4.78, 5) is 24.6. The number of fused-ring (bicyclic) bond motifs is 8. The van der Waals surface area contributed by atoms with Crippen LogP contribution in [0.5, 0.6) is 0 Å². The Morgan fingerprint density at radius 2 is 1.02 bits per heavy atom. The molecule has 382 valence electrons. The first-order valence-corrected chi connectivity index (χ1v) is 27.1. The van der Waals surface area contributed by atoms with Crippen LogP contribution in [0.25, 0.3) is 0 Å². The van der Waals surface area contributed by atoms with E-state index >= 15 is 0 Å². The Morgan fingerprint density at radius 1 is 0.538 bits per heavy atom. The zero-order valence-corrected chi connectivity index (χ0v) is 40.2.